The van der Waals surface area contributed by atoms with Gasteiger partial charge in [-0.3, -0.25) is 9.88 Å². The zero-order valence-electron chi connectivity index (χ0n) is 11.9. The van der Waals surface area contributed by atoms with E-state index in [-0.39, 0.29) is 0 Å². The Morgan fingerprint density at radius 1 is 1.10 bits per heavy atom. The minimum Gasteiger partial charge on any atom is -0.314 e. The molecular formula is C17H21N3. The van der Waals surface area contributed by atoms with Gasteiger partial charge < -0.3 is 5.32 Å². The van der Waals surface area contributed by atoms with Gasteiger partial charge in [0.15, 0.2) is 0 Å². The van der Waals surface area contributed by atoms with E-state index in [4.69, 9.17) is 0 Å². The summed E-state index contributed by atoms with van der Waals surface area (Å²) < 4.78 is 0. The van der Waals surface area contributed by atoms with Gasteiger partial charge in [-0.1, -0.05) is 35.9 Å². The van der Waals surface area contributed by atoms with Crippen molar-refractivity contribution in [3.63, 3.8) is 0 Å². The van der Waals surface area contributed by atoms with Crippen LogP contribution < -0.4 is 5.32 Å². The highest BCUT2D eigenvalue weighted by Crippen LogP contribution is 2.28. The lowest BCUT2D eigenvalue weighted by Crippen LogP contribution is -2.45. The van der Waals surface area contributed by atoms with Crippen molar-refractivity contribution in [1.29, 1.82) is 0 Å². The number of pyridine rings is 1. The van der Waals surface area contributed by atoms with Crippen molar-refractivity contribution in [2.24, 2.45) is 0 Å². The summed E-state index contributed by atoms with van der Waals surface area (Å²) in [5.74, 6) is 0. The Hall–Kier alpha value is -1.71. The Kier molecular flexibility index (Phi) is 4.09. The molecular weight excluding hydrogens is 246 g/mol. The summed E-state index contributed by atoms with van der Waals surface area (Å²) in [6, 6.07) is 13.3. The van der Waals surface area contributed by atoms with Crippen molar-refractivity contribution in [3.05, 3.63) is 65.5 Å². The molecule has 3 rings (SSSR count). The summed E-state index contributed by atoms with van der Waals surface area (Å²) in [4.78, 5) is 6.85. The van der Waals surface area contributed by atoms with E-state index in [0.29, 0.717) is 6.04 Å². The van der Waals surface area contributed by atoms with Crippen molar-refractivity contribution in [1.82, 2.24) is 15.2 Å². The number of nitrogens with zero attached hydrogens (tertiary/aromatic N) is 2. The third kappa shape index (κ3) is 2.89. The molecule has 2 aromatic rings. The van der Waals surface area contributed by atoms with Gasteiger partial charge in [0, 0.05) is 38.6 Å². The van der Waals surface area contributed by atoms with Crippen molar-refractivity contribution >= 4 is 0 Å². The van der Waals surface area contributed by atoms with Crippen molar-refractivity contribution in [2.45, 2.75) is 13.0 Å². The lowest BCUT2D eigenvalue weighted by molar-refractivity contribution is 0.198. The molecule has 0 spiro atoms. The van der Waals surface area contributed by atoms with Crippen LogP contribution in [0.3, 0.4) is 0 Å². The zero-order valence-corrected chi connectivity index (χ0v) is 11.9. The molecule has 1 atom stereocenters. The number of piperazine rings is 1. The Bertz CT molecular complexity index is 547. The van der Waals surface area contributed by atoms with Crippen LogP contribution in [0.1, 0.15) is 22.7 Å². The number of rotatable bonds is 3. The molecule has 0 saturated carbocycles. The molecule has 104 valence electrons. The Morgan fingerprint density at radius 2 is 1.90 bits per heavy atom. The highest BCUT2D eigenvalue weighted by atomic mass is 15.2. The predicted molar refractivity (Wildman–Crippen MR) is 81.7 cm³/mol. The summed E-state index contributed by atoms with van der Waals surface area (Å²) in [5, 5.41) is 3.43. The van der Waals surface area contributed by atoms with Gasteiger partial charge in [0.25, 0.3) is 0 Å². The molecule has 1 fully saturated rings. The van der Waals surface area contributed by atoms with Crippen LogP contribution in [0.4, 0.5) is 0 Å². The number of nitrogens with one attached hydrogen (secondary N) is 1. The second-order valence-corrected chi connectivity index (χ2v) is 5.39. The molecule has 1 aliphatic heterocycles. The fourth-order valence-corrected chi connectivity index (χ4v) is 2.93. The van der Waals surface area contributed by atoms with Crippen LogP contribution in [0.25, 0.3) is 0 Å². The van der Waals surface area contributed by atoms with Crippen LogP contribution in [0.2, 0.25) is 0 Å². The van der Waals surface area contributed by atoms with Gasteiger partial charge in [0.2, 0.25) is 0 Å². The van der Waals surface area contributed by atoms with Gasteiger partial charge in [0.05, 0.1) is 6.04 Å². The molecule has 1 saturated heterocycles. The number of benzene rings is 1. The van der Waals surface area contributed by atoms with Crippen LogP contribution in [-0.4, -0.2) is 36.1 Å². The van der Waals surface area contributed by atoms with Crippen LogP contribution in [0.5, 0.6) is 0 Å². The largest absolute Gasteiger partial charge is 0.314 e. The maximum Gasteiger partial charge on any atom is 0.0617 e. The molecule has 1 unspecified atom stereocenters. The quantitative estimate of drug-likeness (QED) is 0.925. The molecule has 3 heteroatoms. The molecule has 0 amide bonds. The Balaban J connectivity index is 1.98. The van der Waals surface area contributed by atoms with E-state index < -0.39 is 0 Å². The normalized spacial score (nSPS) is 17.9. The van der Waals surface area contributed by atoms with Gasteiger partial charge in [-0.25, -0.2) is 0 Å². The number of hydrogen-bond donors (Lipinski definition) is 1. The summed E-state index contributed by atoms with van der Waals surface area (Å²) >= 11 is 0. The van der Waals surface area contributed by atoms with E-state index in [1.807, 2.05) is 18.5 Å². The van der Waals surface area contributed by atoms with Crippen LogP contribution in [0, 0.1) is 6.92 Å². The zero-order chi connectivity index (χ0) is 13.8. The van der Waals surface area contributed by atoms with E-state index >= 15 is 0 Å². The first-order chi connectivity index (χ1) is 9.84. The number of aryl methyl sites for hydroxylation is 1. The molecule has 1 N–H and O–H groups in total. The third-order valence-corrected chi connectivity index (χ3v) is 3.87. The van der Waals surface area contributed by atoms with E-state index in [0.717, 1.165) is 26.2 Å². The lowest BCUT2D eigenvalue weighted by atomic mass is 9.96. The first-order valence-corrected chi connectivity index (χ1v) is 7.26. The maximum atomic E-state index is 4.31. The van der Waals surface area contributed by atoms with E-state index in [1.54, 1.807) is 0 Å². The highest BCUT2D eigenvalue weighted by Gasteiger charge is 2.23. The minimum absolute atomic E-state index is 0.311. The summed E-state index contributed by atoms with van der Waals surface area (Å²) in [6.45, 7) is 6.42. The molecule has 20 heavy (non-hydrogen) atoms. The fraction of sp³-hybridized carbons (Fsp3) is 0.353. The molecule has 3 nitrogen and oxygen atoms in total. The number of aromatic nitrogens is 1. The number of hydrogen-bond acceptors (Lipinski definition) is 3. The van der Waals surface area contributed by atoms with Gasteiger partial charge in [0.1, 0.15) is 0 Å². The van der Waals surface area contributed by atoms with E-state index in [1.165, 1.54) is 16.7 Å². The molecule has 0 aliphatic carbocycles. The van der Waals surface area contributed by atoms with Gasteiger partial charge in [-0.15, -0.1) is 0 Å². The molecule has 2 heterocycles. The second-order valence-electron chi connectivity index (χ2n) is 5.39. The van der Waals surface area contributed by atoms with Gasteiger partial charge >= 0.3 is 0 Å². The third-order valence-electron chi connectivity index (χ3n) is 3.87. The van der Waals surface area contributed by atoms with Crippen molar-refractivity contribution in [2.75, 3.05) is 26.2 Å². The minimum atomic E-state index is 0.311. The monoisotopic (exact) mass is 267 g/mol. The molecule has 1 aromatic carbocycles. The standard InChI is InChI=1S/C17H21N3/c1-14-4-2-5-15(12-14)17(16-6-3-7-19-13-16)20-10-8-18-9-11-20/h2-7,12-13,17-18H,8-11H2,1H3. The van der Waals surface area contributed by atoms with E-state index in [9.17, 15) is 0 Å². The van der Waals surface area contributed by atoms with Crippen LogP contribution in [-0.2, 0) is 0 Å². The summed E-state index contributed by atoms with van der Waals surface area (Å²) in [7, 11) is 0. The highest BCUT2D eigenvalue weighted by molar-refractivity contribution is 5.33. The molecule has 1 aliphatic rings. The SMILES string of the molecule is Cc1cccc(C(c2cccnc2)N2CCNCC2)c1. The smallest absolute Gasteiger partial charge is 0.0617 e. The lowest BCUT2D eigenvalue weighted by Gasteiger charge is -2.35. The first-order valence-electron chi connectivity index (χ1n) is 7.26. The Morgan fingerprint density at radius 3 is 2.60 bits per heavy atom. The second kappa shape index (κ2) is 6.16. The Labute approximate surface area is 120 Å². The van der Waals surface area contributed by atoms with Crippen LogP contribution in [0.15, 0.2) is 48.8 Å². The maximum absolute atomic E-state index is 4.31. The average Bonchev–Trinajstić information content (AvgIpc) is 2.50. The van der Waals surface area contributed by atoms with Gasteiger partial charge in [-0.2, -0.15) is 0 Å². The van der Waals surface area contributed by atoms with Crippen molar-refractivity contribution in [3.8, 4) is 0 Å². The average molecular weight is 267 g/mol. The fourth-order valence-electron chi connectivity index (χ4n) is 2.93. The topological polar surface area (TPSA) is 28.2 Å². The summed E-state index contributed by atoms with van der Waals surface area (Å²) in [5.41, 5.74) is 3.95. The molecule has 1 aromatic heterocycles. The summed E-state index contributed by atoms with van der Waals surface area (Å²) in [6.07, 6.45) is 3.84. The van der Waals surface area contributed by atoms with Gasteiger partial charge in [-0.05, 0) is 24.1 Å². The van der Waals surface area contributed by atoms with Crippen LogP contribution >= 0.6 is 0 Å². The van der Waals surface area contributed by atoms with Crippen molar-refractivity contribution < 1.29 is 0 Å². The molecule has 0 radical (unpaired) electrons. The predicted octanol–water partition coefficient (Wildman–Crippen LogP) is 2.38. The van der Waals surface area contributed by atoms with E-state index in [2.05, 4.69) is 52.5 Å². The molecule has 0 bridgehead atoms. The first kappa shape index (κ1) is 13.3.